The summed E-state index contributed by atoms with van der Waals surface area (Å²) in [4.78, 5) is 4.67. The highest BCUT2D eigenvalue weighted by molar-refractivity contribution is 5.30. The Morgan fingerprint density at radius 3 is 2.56 bits per heavy atom. The number of piperazine rings is 1. The Kier molecular flexibility index (Phi) is 4.32. The van der Waals surface area contributed by atoms with Gasteiger partial charge in [-0.2, -0.15) is 0 Å². The van der Waals surface area contributed by atoms with Crippen LogP contribution in [0.4, 0.5) is 4.39 Å². The van der Waals surface area contributed by atoms with Crippen LogP contribution in [-0.4, -0.2) is 49.6 Å². The summed E-state index contributed by atoms with van der Waals surface area (Å²) in [6, 6.07) is 5.11. The van der Waals surface area contributed by atoms with Crippen molar-refractivity contribution in [2.75, 3.05) is 39.8 Å². The molecule has 0 spiro atoms. The lowest BCUT2D eigenvalue weighted by Crippen LogP contribution is -2.47. The number of likely N-dealkylation sites (N-methyl/N-ethyl adjacent to an activating group) is 1. The number of halogens is 1. The second-order valence-corrected chi connectivity index (χ2v) is 5.09. The third kappa shape index (κ3) is 2.88. The standard InChI is InChI=1S/C14H22FN3/c1-11-3-4-12(15)9-13(11)14(10-16)18-7-5-17(2)6-8-18/h3-4,9,14H,5-8,10,16H2,1-2H3. The summed E-state index contributed by atoms with van der Waals surface area (Å²) in [5, 5.41) is 0. The molecular weight excluding hydrogens is 229 g/mol. The largest absolute Gasteiger partial charge is 0.329 e. The van der Waals surface area contributed by atoms with Crippen LogP contribution in [0.3, 0.4) is 0 Å². The summed E-state index contributed by atoms with van der Waals surface area (Å²) in [7, 11) is 2.13. The molecule has 0 amide bonds. The molecule has 1 aromatic carbocycles. The van der Waals surface area contributed by atoms with E-state index in [1.165, 1.54) is 6.07 Å². The summed E-state index contributed by atoms with van der Waals surface area (Å²) in [5.41, 5.74) is 8.06. The van der Waals surface area contributed by atoms with Crippen LogP contribution in [0.25, 0.3) is 0 Å². The molecule has 2 N–H and O–H groups in total. The van der Waals surface area contributed by atoms with E-state index in [4.69, 9.17) is 5.73 Å². The number of nitrogens with zero attached hydrogens (tertiary/aromatic N) is 2. The first-order chi connectivity index (χ1) is 8.61. The van der Waals surface area contributed by atoms with Crippen LogP contribution in [-0.2, 0) is 0 Å². The average molecular weight is 251 g/mol. The Bertz CT molecular complexity index is 400. The summed E-state index contributed by atoms with van der Waals surface area (Å²) >= 11 is 0. The molecule has 0 saturated carbocycles. The number of hydrogen-bond donors (Lipinski definition) is 1. The van der Waals surface area contributed by atoms with Crippen molar-refractivity contribution >= 4 is 0 Å². The molecule has 0 radical (unpaired) electrons. The predicted molar refractivity (Wildman–Crippen MR) is 72.0 cm³/mol. The molecular formula is C14H22FN3. The summed E-state index contributed by atoms with van der Waals surface area (Å²) in [6.45, 7) is 6.64. The minimum atomic E-state index is -0.178. The summed E-state index contributed by atoms with van der Waals surface area (Å²) in [6.07, 6.45) is 0. The van der Waals surface area contributed by atoms with Crippen LogP contribution < -0.4 is 5.73 Å². The second kappa shape index (κ2) is 5.78. The topological polar surface area (TPSA) is 32.5 Å². The Morgan fingerprint density at radius 2 is 1.94 bits per heavy atom. The molecule has 2 rings (SSSR count). The first kappa shape index (κ1) is 13.5. The molecule has 1 saturated heterocycles. The van der Waals surface area contributed by atoms with Crippen molar-refractivity contribution in [2.24, 2.45) is 5.73 Å². The van der Waals surface area contributed by atoms with Crippen LogP contribution in [0.2, 0.25) is 0 Å². The molecule has 1 aliphatic rings. The zero-order valence-corrected chi connectivity index (χ0v) is 11.2. The van der Waals surface area contributed by atoms with Gasteiger partial charge in [0.05, 0.1) is 0 Å². The van der Waals surface area contributed by atoms with Crippen molar-refractivity contribution in [2.45, 2.75) is 13.0 Å². The maximum atomic E-state index is 13.4. The molecule has 4 heteroatoms. The van der Waals surface area contributed by atoms with E-state index in [9.17, 15) is 4.39 Å². The van der Waals surface area contributed by atoms with Gasteiger partial charge >= 0.3 is 0 Å². The lowest BCUT2D eigenvalue weighted by atomic mass is 9.99. The highest BCUT2D eigenvalue weighted by Crippen LogP contribution is 2.24. The number of rotatable bonds is 3. The monoisotopic (exact) mass is 251 g/mol. The van der Waals surface area contributed by atoms with E-state index in [-0.39, 0.29) is 11.9 Å². The third-order valence-corrected chi connectivity index (χ3v) is 3.80. The van der Waals surface area contributed by atoms with Gasteiger partial charge in [-0.1, -0.05) is 6.07 Å². The van der Waals surface area contributed by atoms with E-state index in [0.29, 0.717) is 6.54 Å². The van der Waals surface area contributed by atoms with E-state index in [2.05, 4.69) is 16.8 Å². The smallest absolute Gasteiger partial charge is 0.123 e. The van der Waals surface area contributed by atoms with Crippen LogP contribution in [0, 0.1) is 12.7 Å². The Balaban J connectivity index is 2.19. The van der Waals surface area contributed by atoms with Gasteiger partial charge < -0.3 is 10.6 Å². The number of hydrogen-bond acceptors (Lipinski definition) is 3. The maximum absolute atomic E-state index is 13.4. The van der Waals surface area contributed by atoms with E-state index in [0.717, 1.165) is 37.3 Å². The van der Waals surface area contributed by atoms with Crippen LogP contribution in [0.5, 0.6) is 0 Å². The normalized spacial score (nSPS) is 20.0. The minimum absolute atomic E-state index is 0.134. The van der Waals surface area contributed by atoms with Crippen molar-refractivity contribution in [1.82, 2.24) is 9.80 Å². The number of benzene rings is 1. The predicted octanol–water partition coefficient (Wildman–Crippen LogP) is 1.38. The van der Waals surface area contributed by atoms with Gasteiger partial charge in [0.15, 0.2) is 0 Å². The van der Waals surface area contributed by atoms with E-state index >= 15 is 0 Å². The van der Waals surface area contributed by atoms with E-state index in [1.807, 2.05) is 13.0 Å². The molecule has 1 heterocycles. The number of nitrogens with two attached hydrogens (primary N) is 1. The summed E-state index contributed by atoms with van der Waals surface area (Å²) in [5.74, 6) is -0.178. The minimum Gasteiger partial charge on any atom is -0.329 e. The first-order valence-corrected chi connectivity index (χ1v) is 6.50. The molecule has 0 bridgehead atoms. The molecule has 0 aromatic heterocycles. The van der Waals surface area contributed by atoms with Crippen molar-refractivity contribution in [1.29, 1.82) is 0 Å². The van der Waals surface area contributed by atoms with Gasteiger partial charge in [-0.25, -0.2) is 4.39 Å². The zero-order valence-electron chi connectivity index (χ0n) is 11.2. The molecule has 18 heavy (non-hydrogen) atoms. The van der Waals surface area contributed by atoms with Gasteiger partial charge in [-0.3, -0.25) is 4.90 Å². The van der Waals surface area contributed by atoms with Crippen LogP contribution in [0.1, 0.15) is 17.2 Å². The highest BCUT2D eigenvalue weighted by atomic mass is 19.1. The highest BCUT2D eigenvalue weighted by Gasteiger charge is 2.24. The molecule has 1 aliphatic heterocycles. The quantitative estimate of drug-likeness (QED) is 0.881. The maximum Gasteiger partial charge on any atom is 0.123 e. The van der Waals surface area contributed by atoms with Gasteiger partial charge in [0.2, 0.25) is 0 Å². The fourth-order valence-electron chi connectivity index (χ4n) is 2.58. The molecule has 0 aliphatic carbocycles. The molecule has 1 aromatic rings. The zero-order chi connectivity index (χ0) is 13.1. The molecule has 100 valence electrons. The van der Waals surface area contributed by atoms with Gasteiger partial charge in [0.25, 0.3) is 0 Å². The lowest BCUT2D eigenvalue weighted by Gasteiger charge is -2.38. The van der Waals surface area contributed by atoms with Crippen molar-refractivity contribution in [3.05, 3.63) is 35.1 Å². The van der Waals surface area contributed by atoms with Gasteiger partial charge in [0.1, 0.15) is 5.82 Å². The molecule has 3 nitrogen and oxygen atoms in total. The van der Waals surface area contributed by atoms with E-state index < -0.39 is 0 Å². The van der Waals surface area contributed by atoms with E-state index in [1.54, 1.807) is 6.07 Å². The molecule has 1 atom stereocenters. The SMILES string of the molecule is Cc1ccc(F)cc1C(CN)N1CCN(C)CC1. The first-order valence-electron chi connectivity index (χ1n) is 6.50. The average Bonchev–Trinajstić information content (AvgIpc) is 2.37. The third-order valence-electron chi connectivity index (χ3n) is 3.80. The van der Waals surface area contributed by atoms with Gasteiger partial charge in [0, 0.05) is 38.8 Å². The van der Waals surface area contributed by atoms with Crippen LogP contribution >= 0.6 is 0 Å². The molecule has 1 unspecified atom stereocenters. The fraction of sp³-hybridized carbons (Fsp3) is 0.571. The number of aryl methyl sites for hydroxylation is 1. The fourth-order valence-corrected chi connectivity index (χ4v) is 2.58. The Hall–Kier alpha value is -0.970. The van der Waals surface area contributed by atoms with Gasteiger partial charge in [-0.05, 0) is 37.2 Å². The van der Waals surface area contributed by atoms with Gasteiger partial charge in [-0.15, -0.1) is 0 Å². The van der Waals surface area contributed by atoms with Crippen molar-refractivity contribution < 1.29 is 4.39 Å². The second-order valence-electron chi connectivity index (χ2n) is 5.09. The summed E-state index contributed by atoms with van der Waals surface area (Å²) < 4.78 is 13.4. The van der Waals surface area contributed by atoms with Crippen LogP contribution in [0.15, 0.2) is 18.2 Å². The Morgan fingerprint density at radius 1 is 1.28 bits per heavy atom. The van der Waals surface area contributed by atoms with Crippen molar-refractivity contribution in [3.8, 4) is 0 Å². The van der Waals surface area contributed by atoms with Crippen molar-refractivity contribution in [3.63, 3.8) is 0 Å². The lowest BCUT2D eigenvalue weighted by molar-refractivity contribution is 0.114. The Labute approximate surface area is 108 Å². The molecule has 1 fully saturated rings.